The number of rotatable bonds is 3. The summed E-state index contributed by atoms with van der Waals surface area (Å²) in [5.74, 6) is 2.44. The lowest BCUT2D eigenvalue weighted by molar-refractivity contribution is -0.134. The highest BCUT2D eigenvalue weighted by atomic mass is 16.2. The van der Waals surface area contributed by atoms with Crippen LogP contribution in [0.25, 0.3) is 0 Å². The molecule has 0 aromatic carbocycles. The average Bonchev–Trinajstić information content (AvgIpc) is 2.73. The van der Waals surface area contributed by atoms with Crippen molar-refractivity contribution in [3.63, 3.8) is 0 Å². The van der Waals surface area contributed by atoms with E-state index < -0.39 is 0 Å². The molecule has 90 valence electrons. The normalized spacial score (nSPS) is 41.2. The molecule has 2 aliphatic carbocycles. The summed E-state index contributed by atoms with van der Waals surface area (Å²) in [5.41, 5.74) is 0. The van der Waals surface area contributed by atoms with Crippen LogP contribution >= 0.6 is 0 Å². The van der Waals surface area contributed by atoms with Crippen molar-refractivity contribution in [2.45, 2.75) is 38.1 Å². The molecule has 2 saturated carbocycles. The van der Waals surface area contributed by atoms with Crippen molar-refractivity contribution < 1.29 is 4.79 Å². The first-order valence-corrected chi connectivity index (χ1v) is 6.78. The number of likely N-dealkylation sites (N-methyl/N-ethyl adjacent to an activating group) is 1. The Kier molecular flexibility index (Phi) is 2.66. The minimum atomic E-state index is 0.422. The molecule has 3 nitrogen and oxygen atoms in total. The van der Waals surface area contributed by atoms with Gasteiger partial charge in [-0.25, -0.2) is 0 Å². The Morgan fingerprint density at radius 3 is 2.69 bits per heavy atom. The molecule has 3 heteroatoms. The second-order valence-electron chi connectivity index (χ2n) is 5.67. The van der Waals surface area contributed by atoms with Crippen molar-refractivity contribution in [2.75, 3.05) is 20.1 Å². The van der Waals surface area contributed by atoms with Crippen molar-refractivity contribution in [3.05, 3.63) is 0 Å². The monoisotopic (exact) mass is 222 g/mol. The highest BCUT2D eigenvalue weighted by Gasteiger charge is 2.58. The summed E-state index contributed by atoms with van der Waals surface area (Å²) in [6, 6.07) is 0.471. The Labute approximate surface area is 97.6 Å². The van der Waals surface area contributed by atoms with E-state index in [-0.39, 0.29) is 0 Å². The third kappa shape index (κ3) is 1.56. The van der Waals surface area contributed by atoms with Gasteiger partial charge in [-0.15, -0.1) is 0 Å². The molecule has 1 aliphatic heterocycles. The summed E-state index contributed by atoms with van der Waals surface area (Å²) in [7, 11) is 1.98. The van der Waals surface area contributed by atoms with E-state index in [4.69, 9.17) is 0 Å². The van der Waals surface area contributed by atoms with Gasteiger partial charge in [-0.2, -0.15) is 0 Å². The van der Waals surface area contributed by atoms with Crippen LogP contribution in [0.5, 0.6) is 0 Å². The molecule has 0 aromatic heterocycles. The smallest absolute Gasteiger partial charge is 0.226 e. The van der Waals surface area contributed by atoms with Gasteiger partial charge in [-0.3, -0.25) is 4.79 Å². The van der Waals surface area contributed by atoms with Crippen LogP contribution in [0.2, 0.25) is 0 Å². The van der Waals surface area contributed by atoms with Crippen LogP contribution in [0.4, 0.5) is 0 Å². The van der Waals surface area contributed by atoms with Gasteiger partial charge in [0.1, 0.15) is 0 Å². The molecule has 16 heavy (non-hydrogen) atoms. The van der Waals surface area contributed by atoms with E-state index in [1.807, 2.05) is 7.05 Å². The average molecular weight is 222 g/mol. The van der Waals surface area contributed by atoms with Gasteiger partial charge < -0.3 is 10.2 Å². The summed E-state index contributed by atoms with van der Waals surface area (Å²) in [4.78, 5) is 14.6. The number of likely N-dealkylation sites (tertiary alicyclic amines) is 1. The summed E-state index contributed by atoms with van der Waals surface area (Å²) in [6.07, 6.45) is 6.37. The zero-order valence-corrected chi connectivity index (χ0v) is 10.1. The zero-order chi connectivity index (χ0) is 11.1. The third-order valence-corrected chi connectivity index (χ3v) is 4.79. The van der Waals surface area contributed by atoms with Crippen LogP contribution in [-0.2, 0) is 4.79 Å². The lowest BCUT2D eigenvalue weighted by atomic mass is 10.1. The maximum absolute atomic E-state index is 12.4. The molecule has 0 spiro atoms. The highest BCUT2D eigenvalue weighted by Crippen LogP contribution is 2.58. The number of hydrogen-bond acceptors (Lipinski definition) is 2. The molecule has 3 fully saturated rings. The number of fused-ring (bicyclic) bond motifs is 1. The van der Waals surface area contributed by atoms with Gasteiger partial charge in [0.25, 0.3) is 0 Å². The molecule has 1 heterocycles. The van der Waals surface area contributed by atoms with Gasteiger partial charge in [0, 0.05) is 25.0 Å². The molecule has 3 rings (SSSR count). The van der Waals surface area contributed by atoms with Crippen molar-refractivity contribution in [2.24, 2.45) is 17.8 Å². The number of nitrogens with one attached hydrogen (secondary N) is 1. The first-order valence-electron chi connectivity index (χ1n) is 6.78. The van der Waals surface area contributed by atoms with Gasteiger partial charge in [0.15, 0.2) is 0 Å². The molecule has 0 aromatic rings. The Morgan fingerprint density at radius 2 is 2.00 bits per heavy atom. The molecule has 1 amide bonds. The van der Waals surface area contributed by atoms with Gasteiger partial charge in [0.05, 0.1) is 0 Å². The van der Waals surface area contributed by atoms with Crippen molar-refractivity contribution >= 4 is 5.91 Å². The standard InChI is InChI=1S/C13H22N2O/c1-14-8-9-4-3-7-15(9)13(16)12-10-5-2-6-11(10)12/h9-12,14H,2-8H2,1H3. The van der Waals surface area contributed by atoms with Crippen LogP contribution in [0, 0.1) is 17.8 Å². The predicted molar refractivity (Wildman–Crippen MR) is 63.0 cm³/mol. The summed E-state index contributed by atoms with van der Waals surface area (Å²) < 4.78 is 0. The fourth-order valence-electron chi connectivity index (χ4n) is 3.95. The second kappa shape index (κ2) is 4.02. The quantitative estimate of drug-likeness (QED) is 0.779. The molecule has 3 atom stereocenters. The van der Waals surface area contributed by atoms with E-state index >= 15 is 0 Å². The van der Waals surface area contributed by atoms with Crippen LogP contribution in [0.15, 0.2) is 0 Å². The van der Waals surface area contributed by atoms with Crippen LogP contribution < -0.4 is 5.32 Å². The second-order valence-corrected chi connectivity index (χ2v) is 5.67. The van der Waals surface area contributed by atoms with Gasteiger partial charge in [-0.05, 0) is 44.6 Å². The Morgan fingerprint density at radius 1 is 1.25 bits per heavy atom. The lowest BCUT2D eigenvalue weighted by Gasteiger charge is -2.25. The molecule has 3 aliphatic rings. The van der Waals surface area contributed by atoms with Crippen LogP contribution in [0.3, 0.4) is 0 Å². The van der Waals surface area contributed by atoms with Gasteiger partial charge in [-0.1, -0.05) is 6.42 Å². The SMILES string of the molecule is CNCC1CCCN1C(=O)C1C2CCCC21. The van der Waals surface area contributed by atoms with E-state index in [2.05, 4.69) is 10.2 Å². The maximum Gasteiger partial charge on any atom is 0.226 e. The number of carbonyl (C=O) groups excluding carboxylic acids is 1. The molecule has 1 saturated heterocycles. The van der Waals surface area contributed by atoms with E-state index in [0.29, 0.717) is 17.9 Å². The number of nitrogens with zero attached hydrogens (tertiary/aromatic N) is 1. The van der Waals surface area contributed by atoms with Crippen molar-refractivity contribution in [3.8, 4) is 0 Å². The third-order valence-electron chi connectivity index (χ3n) is 4.79. The Balaban J connectivity index is 1.62. The van der Waals surface area contributed by atoms with Crippen LogP contribution in [-0.4, -0.2) is 37.0 Å². The summed E-state index contributed by atoms with van der Waals surface area (Å²) in [6.45, 7) is 1.97. The van der Waals surface area contributed by atoms with Gasteiger partial charge in [0.2, 0.25) is 5.91 Å². The number of carbonyl (C=O) groups is 1. The maximum atomic E-state index is 12.4. The molecular weight excluding hydrogens is 200 g/mol. The van der Waals surface area contributed by atoms with Crippen LogP contribution in [0.1, 0.15) is 32.1 Å². The lowest BCUT2D eigenvalue weighted by Crippen LogP contribution is -2.42. The fraction of sp³-hybridized carbons (Fsp3) is 0.923. The predicted octanol–water partition coefficient (Wildman–Crippen LogP) is 1.24. The topological polar surface area (TPSA) is 32.3 Å². The zero-order valence-electron chi connectivity index (χ0n) is 10.1. The summed E-state index contributed by atoms with van der Waals surface area (Å²) in [5, 5.41) is 3.21. The van der Waals surface area contributed by atoms with E-state index in [1.54, 1.807) is 0 Å². The van der Waals surface area contributed by atoms with Crippen molar-refractivity contribution in [1.82, 2.24) is 10.2 Å². The van der Waals surface area contributed by atoms with Gasteiger partial charge >= 0.3 is 0 Å². The fourth-order valence-corrected chi connectivity index (χ4v) is 3.95. The largest absolute Gasteiger partial charge is 0.338 e. The Hall–Kier alpha value is -0.570. The highest BCUT2D eigenvalue weighted by molar-refractivity contribution is 5.83. The Bertz CT molecular complexity index is 282. The molecule has 3 unspecified atom stereocenters. The van der Waals surface area contributed by atoms with Crippen molar-refractivity contribution in [1.29, 1.82) is 0 Å². The van der Waals surface area contributed by atoms with E-state index in [1.165, 1.54) is 32.1 Å². The number of hydrogen-bond donors (Lipinski definition) is 1. The molecule has 0 radical (unpaired) electrons. The number of amides is 1. The first kappa shape index (κ1) is 10.6. The summed E-state index contributed by atoms with van der Waals surface area (Å²) >= 11 is 0. The minimum Gasteiger partial charge on any atom is -0.338 e. The molecule has 1 N–H and O–H groups in total. The van der Waals surface area contributed by atoms with E-state index in [0.717, 1.165) is 24.9 Å². The molecule has 0 bridgehead atoms. The first-order chi connectivity index (χ1) is 7.83. The van der Waals surface area contributed by atoms with E-state index in [9.17, 15) is 4.79 Å². The molecular formula is C13H22N2O. The minimum absolute atomic E-state index is 0.422.